The molecule has 1 heteroatoms. The van der Waals surface area contributed by atoms with Gasteiger partial charge in [0.25, 0.3) is 0 Å². The Labute approximate surface area is 93.9 Å². The first-order chi connectivity index (χ1) is 7.15. The Balaban J connectivity index is 2.65. The third-order valence-corrected chi connectivity index (χ3v) is 3.07. The minimum absolute atomic E-state index is 0.489. The van der Waals surface area contributed by atoms with Gasteiger partial charge in [0.15, 0.2) is 0 Å². The van der Waals surface area contributed by atoms with Crippen molar-refractivity contribution in [3.05, 3.63) is 35.9 Å². The Bertz CT molecular complexity index is 266. The van der Waals surface area contributed by atoms with Gasteiger partial charge in [-0.2, -0.15) is 0 Å². The summed E-state index contributed by atoms with van der Waals surface area (Å²) in [6.45, 7) is 9.01. The molecule has 0 fully saturated rings. The van der Waals surface area contributed by atoms with Gasteiger partial charge in [-0.3, -0.25) is 0 Å². The molecular weight excluding hydrogens is 182 g/mol. The Morgan fingerprint density at radius 1 is 1.07 bits per heavy atom. The van der Waals surface area contributed by atoms with E-state index in [2.05, 4.69) is 63.3 Å². The normalized spacial score (nSPS) is 15.3. The van der Waals surface area contributed by atoms with Gasteiger partial charge in [0.2, 0.25) is 0 Å². The molecule has 0 aliphatic heterocycles. The highest BCUT2D eigenvalue weighted by atomic mass is 14.9. The van der Waals surface area contributed by atoms with Crippen molar-refractivity contribution in [3.63, 3.8) is 0 Å². The minimum Gasteiger partial charge on any atom is -0.307 e. The van der Waals surface area contributed by atoms with E-state index >= 15 is 0 Å². The van der Waals surface area contributed by atoms with Crippen LogP contribution in [0.2, 0.25) is 0 Å². The Hall–Kier alpha value is -0.820. The smallest absolute Gasteiger partial charge is 0.0320 e. The summed E-state index contributed by atoms with van der Waals surface area (Å²) in [6, 6.07) is 11.8. The molecule has 0 aliphatic carbocycles. The van der Waals surface area contributed by atoms with Crippen LogP contribution in [0.1, 0.15) is 45.7 Å². The van der Waals surface area contributed by atoms with Crippen LogP contribution < -0.4 is 5.32 Å². The summed E-state index contributed by atoms with van der Waals surface area (Å²) in [7, 11) is 0. The number of hydrogen-bond donors (Lipinski definition) is 1. The maximum absolute atomic E-state index is 3.68. The molecule has 1 aromatic carbocycles. The molecule has 2 atom stereocenters. The molecule has 0 aliphatic rings. The largest absolute Gasteiger partial charge is 0.307 e. The van der Waals surface area contributed by atoms with E-state index in [-0.39, 0.29) is 0 Å². The second kappa shape index (κ2) is 5.92. The van der Waals surface area contributed by atoms with Crippen molar-refractivity contribution in [1.29, 1.82) is 0 Å². The van der Waals surface area contributed by atoms with Gasteiger partial charge in [-0.15, -0.1) is 0 Å². The van der Waals surface area contributed by atoms with Crippen LogP contribution in [-0.2, 0) is 0 Å². The fraction of sp³-hybridized carbons (Fsp3) is 0.571. The van der Waals surface area contributed by atoms with E-state index in [0.717, 1.165) is 6.42 Å². The summed E-state index contributed by atoms with van der Waals surface area (Å²) in [4.78, 5) is 0. The second-order valence-electron chi connectivity index (χ2n) is 4.57. The van der Waals surface area contributed by atoms with E-state index in [9.17, 15) is 0 Å². The number of nitrogens with one attached hydrogen (secondary N) is 1. The lowest BCUT2D eigenvalue weighted by Gasteiger charge is -2.25. The van der Waals surface area contributed by atoms with E-state index in [1.165, 1.54) is 5.56 Å². The lowest BCUT2D eigenvalue weighted by Crippen LogP contribution is -2.34. The highest BCUT2D eigenvalue weighted by Gasteiger charge is 2.13. The molecule has 0 heterocycles. The lowest BCUT2D eigenvalue weighted by atomic mass is 10.0. The first-order valence-electron chi connectivity index (χ1n) is 5.96. The molecule has 0 spiro atoms. The van der Waals surface area contributed by atoms with Gasteiger partial charge in [-0.1, -0.05) is 51.1 Å². The SMILES string of the molecule is CC[C@H](N[C@@H](C)C(C)C)c1ccccc1. The van der Waals surface area contributed by atoms with E-state index in [1.54, 1.807) is 0 Å². The topological polar surface area (TPSA) is 12.0 Å². The fourth-order valence-corrected chi connectivity index (χ4v) is 1.64. The molecule has 1 nitrogen and oxygen atoms in total. The van der Waals surface area contributed by atoms with Crippen LogP contribution in [0.3, 0.4) is 0 Å². The van der Waals surface area contributed by atoms with Crippen molar-refractivity contribution >= 4 is 0 Å². The van der Waals surface area contributed by atoms with Crippen molar-refractivity contribution in [2.45, 2.75) is 46.2 Å². The molecule has 1 aromatic rings. The fourth-order valence-electron chi connectivity index (χ4n) is 1.64. The van der Waals surface area contributed by atoms with Crippen LogP contribution in [0.4, 0.5) is 0 Å². The standard InChI is InChI=1S/C14H23N/c1-5-14(15-12(4)11(2)3)13-9-7-6-8-10-13/h6-12,14-15H,5H2,1-4H3/t12-,14-/m0/s1. The molecule has 15 heavy (non-hydrogen) atoms. The summed E-state index contributed by atoms with van der Waals surface area (Å²) in [5.74, 6) is 0.683. The van der Waals surface area contributed by atoms with Crippen LogP contribution in [0.15, 0.2) is 30.3 Å². The maximum Gasteiger partial charge on any atom is 0.0320 e. The van der Waals surface area contributed by atoms with Crippen molar-refractivity contribution in [2.24, 2.45) is 5.92 Å². The predicted octanol–water partition coefficient (Wildman–Crippen LogP) is 3.77. The molecule has 84 valence electrons. The van der Waals surface area contributed by atoms with Crippen LogP contribution >= 0.6 is 0 Å². The van der Waals surface area contributed by atoms with Crippen LogP contribution in [0.25, 0.3) is 0 Å². The molecule has 0 amide bonds. The van der Waals surface area contributed by atoms with E-state index < -0.39 is 0 Å². The highest BCUT2D eigenvalue weighted by Crippen LogP contribution is 2.18. The third kappa shape index (κ3) is 3.67. The number of hydrogen-bond acceptors (Lipinski definition) is 1. The minimum atomic E-state index is 0.489. The number of benzene rings is 1. The summed E-state index contributed by atoms with van der Waals surface area (Å²) in [5.41, 5.74) is 1.40. The van der Waals surface area contributed by atoms with E-state index in [4.69, 9.17) is 0 Å². The highest BCUT2D eigenvalue weighted by molar-refractivity contribution is 5.18. The summed E-state index contributed by atoms with van der Waals surface area (Å²) in [6.07, 6.45) is 1.14. The first-order valence-corrected chi connectivity index (χ1v) is 5.96. The molecule has 0 radical (unpaired) electrons. The zero-order chi connectivity index (χ0) is 11.3. The molecule has 0 saturated carbocycles. The predicted molar refractivity (Wildman–Crippen MR) is 66.9 cm³/mol. The van der Waals surface area contributed by atoms with Crippen molar-refractivity contribution < 1.29 is 0 Å². The van der Waals surface area contributed by atoms with Crippen molar-refractivity contribution in [1.82, 2.24) is 5.32 Å². The van der Waals surface area contributed by atoms with Gasteiger partial charge >= 0.3 is 0 Å². The van der Waals surface area contributed by atoms with Crippen LogP contribution in [-0.4, -0.2) is 6.04 Å². The van der Waals surface area contributed by atoms with Gasteiger partial charge in [-0.05, 0) is 24.8 Å². The molecular formula is C14H23N. The van der Waals surface area contributed by atoms with E-state index in [1.807, 2.05) is 0 Å². The van der Waals surface area contributed by atoms with Crippen molar-refractivity contribution in [3.8, 4) is 0 Å². The Kier molecular flexibility index (Phi) is 4.83. The van der Waals surface area contributed by atoms with Gasteiger partial charge in [0.05, 0.1) is 0 Å². The lowest BCUT2D eigenvalue weighted by molar-refractivity contribution is 0.370. The molecule has 1 rings (SSSR count). The average molecular weight is 205 g/mol. The van der Waals surface area contributed by atoms with Crippen molar-refractivity contribution in [2.75, 3.05) is 0 Å². The Morgan fingerprint density at radius 2 is 1.67 bits per heavy atom. The third-order valence-electron chi connectivity index (χ3n) is 3.07. The van der Waals surface area contributed by atoms with E-state index in [0.29, 0.717) is 18.0 Å². The van der Waals surface area contributed by atoms with Gasteiger partial charge in [0.1, 0.15) is 0 Å². The summed E-state index contributed by atoms with van der Waals surface area (Å²) >= 11 is 0. The zero-order valence-electron chi connectivity index (χ0n) is 10.3. The van der Waals surface area contributed by atoms with Gasteiger partial charge in [0, 0.05) is 12.1 Å². The molecule has 1 N–H and O–H groups in total. The van der Waals surface area contributed by atoms with Gasteiger partial charge in [-0.25, -0.2) is 0 Å². The first kappa shape index (κ1) is 12.3. The molecule has 0 unspecified atom stereocenters. The van der Waals surface area contributed by atoms with Crippen LogP contribution in [0.5, 0.6) is 0 Å². The second-order valence-corrected chi connectivity index (χ2v) is 4.57. The molecule has 0 aromatic heterocycles. The quantitative estimate of drug-likeness (QED) is 0.771. The average Bonchev–Trinajstić information content (AvgIpc) is 2.26. The van der Waals surface area contributed by atoms with Gasteiger partial charge < -0.3 is 5.32 Å². The maximum atomic E-state index is 3.68. The number of rotatable bonds is 5. The molecule has 0 saturated heterocycles. The zero-order valence-corrected chi connectivity index (χ0v) is 10.3. The Morgan fingerprint density at radius 3 is 2.13 bits per heavy atom. The molecule has 0 bridgehead atoms. The monoisotopic (exact) mass is 205 g/mol. The summed E-state index contributed by atoms with van der Waals surface area (Å²) in [5, 5.41) is 3.68. The van der Waals surface area contributed by atoms with Crippen LogP contribution in [0, 0.1) is 5.92 Å². The summed E-state index contributed by atoms with van der Waals surface area (Å²) < 4.78 is 0.